The molecular formula is C20H24N4O4. The van der Waals surface area contributed by atoms with Crippen molar-refractivity contribution in [2.75, 3.05) is 20.8 Å². The molecule has 0 aliphatic heterocycles. The number of carbonyl (C=O) groups excluding carboxylic acids is 1. The monoisotopic (exact) mass is 384 g/mol. The maximum atomic E-state index is 12.2. The SMILES string of the molecule is COc1cccc(CNC(=O)COc2cc(C)c3c(C)nn(C)c3n2)c1OC. The lowest BCUT2D eigenvalue weighted by Crippen LogP contribution is -2.28. The van der Waals surface area contributed by atoms with E-state index >= 15 is 0 Å². The number of methoxy groups -OCH3 is 2. The van der Waals surface area contributed by atoms with Crippen LogP contribution in [0.1, 0.15) is 16.8 Å². The van der Waals surface area contributed by atoms with Crippen molar-refractivity contribution in [3.63, 3.8) is 0 Å². The minimum absolute atomic E-state index is 0.138. The summed E-state index contributed by atoms with van der Waals surface area (Å²) >= 11 is 0. The highest BCUT2D eigenvalue weighted by Gasteiger charge is 2.14. The fourth-order valence-electron chi connectivity index (χ4n) is 3.18. The van der Waals surface area contributed by atoms with Crippen LogP contribution in [0.3, 0.4) is 0 Å². The fourth-order valence-corrected chi connectivity index (χ4v) is 3.18. The second-order valence-corrected chi connectivity index (χ2v) is 6.40. The van der Waals surface area contributed by atoms with E-state index in [0.717, 1.165) is 27.9 Å². The molecule has 2 aromatic heterocycles. The molecule has 1 aromatic carbocycles. The molecule has 0 spiro atoms. The molecule has 28 heavy (non-hydrogen) atoms. The van der Waals surface area contributed by atoms with Crippen LogP contribution in [0.2, 0.25) is 0 Å². The summed E-state index contributed by atoms with van der Waals surface area (Å²) in [6.07, 6.45) is 0. The van der Waals surface area contributed by atoms with Gasteiger partial charge in [-0.2, -0.15) is 10.1 Å². The van der Waals surface area contributed by atoms with Crippen LogP contribution < -0.4 is 19.5 Å². The smallest absolute Gasteiger partial charge is 0.258 e. The minimum Gasteiger partial charge on any atom is -0.493 e. The van der Waals surface area contributed by atoms with Crippen LogP contribution in [-0.4, -0.2) is 41.5 Å². The Kier molecular flexibility index (Phi) is 5.67. The number of nitrogens with one attached hydrogen (secondary N) is 1. The number of aryl methyl sites for hydroxylation is 3. The van der Waals surface area contributed by atoms with Crippen LogP contribution in [-0.2, 0) is 18.4 Å². The molecule has 0 saturated carbocycles. The van der Waals surface area contributed by atoms with Crippen molar-refractivity contribution < 1.29 is 19.0 Å². The Balaban J connectivity index is 1.64. The van der Waals surface area contributed by atoms with Gasteiger partial charge >= 0.3 is 0 Å². The Hall–Kier alpha value is -3.29. The van der Waals surface area contributed by atoms with Gasteiger partial charge in [-0.05, 0) is 25.5 Å². The second-order valence-electron chi connectivity index (χ2n) is 6.40. The van der Waals surface area contributed by atoms with Crippen LogP contribution in [0.25, 0.3) is 11.0 Å². The van der Waals surface area contributed by atoms with Gasteiger partial charge in [-0.3, -0.25) is 9.48 Å². The largest absolute Gasteiger partial charge is 0.493 e. The predicted molar refractivity (Wildman–Crippen MR) is 105 cm³/mol. The van der Waals surface area contributed by atoms with Gasteiger partial charge in [0.15, 0.2) is 23.8 Å². The third-order valence-electron chi connectivity index (χ3n) is 4.45. The molecule has 1 amide bonds. The zero-order valence-corrected chi connectivity index (χ0v) is 16.7. The maximum Gasteiger partial charge on any atom is 0.258 e. The van der Waals surface area contributed by atoms with E-state index in [1.165, 1.54) is 0 Å². The van der Waals surface area contributed by atoms with Crippen LogP contribution >= 0.6 is 0 Å². The van der Waals surface area contributed by atoms with E-state index in [1.807, 2.05) is 39.1 Å². The molecular weight excluding hydrogens is 360 g/mol. The molecule has 1 N–H and O–H groups in total. The number of benzene rings is 1. The lowest BCUT2D eigenvalue weighted by Gasteiger charge is -2.13. The van der Waals surface area contributed by atoms with Crippen LogP contribution in [0, 0.1) is 13.8 Å². The van der Waals surface area contributed by atoms with E-state index < -0.39 is 0 Å². The van der Waals surface area contributed by atoms with Crippen LogP contribution in [0.5, 0.6) is 17.4 Å². The predicted octanol–water partition coefficient (Wildman–Crippen LogP) is 2.30. The Morgan fingerprint density at radius 2 is 2.00 bits per heavy atom. The summed E-state index contributed by atoms with van der Waals surface area (Å²) in [5.74, 6) is 1.35. The summed E-state index contributed by atoms with van der Waals surface area (Å²) in [6, 6.07) is 7.33. The first-order valence-corrected chi connectivity index (χ1v) is 8.85. The van der Waals surface area contributed by atoms with Crippen molar-refractivity contribution in [1.29, 1.82) is 0 Å². The topological polar surface area (TPSA) is 87.5 Å². The summed E-state index contributed by atoms with van der Waals surface area (Å²) in [4.78, 5) is 16.7. The fraction of sp³-hybridized carbons (Fsp3) is 0.350. The van der Waals surface area contributed by atoms with Crippen LogP contribution in [0.4, 0.5) is 0 Å². The molecule has 0 aliphatic rings. The van der Waals surface area contributed by atoms with E-state index in [0.29, 0.717) is 23.9 Å². The van der Waals surface area contributed by atoms with E-state index in [4.69, 9.17) is 14.2 Å². The number of amides is 1. The maximum absolute atomic E-state index is 12.2. The molecule has 2 heterocycles. The van der Waals surface area contributed by atoms with Gasteiger partial charge in [0, 0.05) is 30.6 Å². The van der Waals surface area contributed by atoms with Gasteiger partial charge in [-0.1, -0.05) is 12.1 Å². The highest BCUT2D eigenvalue weighted by atomic mass is 16.5. The highest BCUT2D eigenvalue weighted by molar-refractivity contribution is 5.82. The number of hydrogen-bond donors (Lipinski definition) is 1. The Bertz CT molecular complexity index is 1010. The Morgan fingerprint density at radius 1 is 1.21 bits per heavy atom. The Morgan fingerprint density at radius 3 is 2.71 bits per heavy atom. The average Bonchev–Trinajstić information content (AvgIpc) is 2.98. The number of carbonyl (C=O) groups is 1. The third kappa shape index (κ3) is 3.85. The van der Waals surface area contributed by atoms with Crippen molar-refractivity contribution in [2.45, 2.75) is 20.4 Å². The first kappa shape index (κ1) is 19.5. The number of nitrogens with zero attached hydrogens (tertiary/aromatic N) is 3. The Labute approximate surface area is 163 Å². The summed E-state index contributed by atoms with van der Waals surface area (Å²) in [5, 5.41) is 8.20. The number of fused-ring (bicyclic) bond motifs is 1. The zero-order chi connectivity index (χ0) is 20.3. The van der Waals surface area contributed by atoms with Crippen molar-refractivity contribution in [3.05, 3.63) is 41.1 Å². The number of pyridine rings is 1. The van der Waals surface area contributed by atoms with Crippen molar-refractivity contribution >= 4 is 16.9 Å². The molecule has 0 fully saturated rings. The number of rotatable bonds is 7. The minimum atomic E-state index is -0.259. The second kappa shape index (κ2) is 8.16. The van der Waals surface area contributed by atoms with E-state index in [1.54, 1.807) is 25.0 Å². The van der Waals surface area contributed by atoms with E-state index in [9.17, 15) is 4.79 Å². The molecule has 8 heteroatoms. The summed E-state index contributed by atoms with van der Waals surface area (Å²) < 4.78 is 17.9. The lowest BCUT2D eigenvalue weighted by molar-refractivity contribution is -0.123. The van der Waals surface area contributed by atoms with Gasteiger partial charge in [0.1, 0.15) is 0 Å². The molecule has 0 radical (unpaired) electrons. The van der Waals surface area contributed by atoms with Gasteiger partial charge in [0.05, 0.1) is 19.9 Å². The number of ether oxygens (including phenoxy) is 3. The van der Waals surface area contributed by atoms with E-state index in [2.05, 4.69) is 15.4 Å². The van der Waals surface area contributed by atoms with Gasteiger partial charge in [-0.25, -0.2) is 0 Å². The molecule has 3 rings (SSSR count). The third-order valence-corrected chi connectivity index (χ3v) is 4.45. The number of hydrogen-bond acceptors (Lipinski definition) is 6. The van der Waals surface area contributed by atoms with Crippen molar-refractivity contribution in [2.24, 2.45) is 7.05 Å². The number of aromatic nitrogens is 3. The molecule has 0 unspecified atom stereocenters. The summed E-state index contributed by atoms with van der Waals surface area (Å²) in [7, 11) is 4.97. The highest BCUT2D eigenvalue weighted by Crippen LogP contribution is 2.30. The molecule has 0 aliphatic carbocycles. The molecule has 0 bridgehead atoms. The van der Waals surface area contributed by atoms with Crippen molar-refractivity contribution in [1.82, 2.24) is 20.1 Å². The summed E-state index contributed by atoms with van der Waals surface area (Å²) in [6.45, 7) is 4.08. The van der Waals surface area contributed by atoms with E-state index in [-0.39, 0.29) is 12.5 Å². The number of para-hydroxylation sites is 1. The van der Waals surface area contributed by atoms with Crippen LogP contribution in [0.15, 0.2) is 24.3 Å². The van der Waals surface area contributed by atoms with Gasteiger partial charge in [-0.15, -0.1) is 0 Å². The molecule has 0 atom stereocenters. The standard InChI is InChI=1S/C20H24N4O4/c1-12-9-17(22-20-18(12)13(2)23-24(20)3)28-11-16(25)21-10-14-7-6-8-15(26-4)19(14)27-5/h6-9H,10-11H2,1-5H3,(H,21,25). The van der Waals surface area contributed by atoms with Gasteiger partial charge < -0.3 is 19.5 Å². The first-order chi connectivity index (χ1) is 13.4. The molecule has 8 nitrogen and oxygen atoms in total. The zero-order valence-electron chi connectivity index (χ0n) is 16.7. The van der Waals surface area contributed by atoms with Gasteiger partial charge in [0.2, 0.25) is 5.88 Å². The van der Waals surface area contributed by atoms with Gasteiger partial charge in [0.25, 0.3) is 5.91 Å². The first-order valence-electron chi connectivity index (χ1n) is 8.85. The quantitative estimate of drug-likeness (QED) is 0.673. The average molecular weight is 384 g/mol. The normalized spacial score (nSPS) is 10.8. The molecule has 148 valence electrons. The molecule has 0 saturated heterocycles. The van der Waals surface area contributed by atoms with Crippen molar-refractivity contribution in [3.8, 4) is 17.4 Å². The lowest BCUT2D eigenvalue weighted by atomic mass is 10.2. The summed E-state index contributed by atoms with van der Waals surface area (Å²) in [5.41, 5.74) is 3.47. The molecule has 3 aromatic rings.